The van der Waals surface area contributed by atoms with Gasteiger partial charge in [-0.25, -0.2) is 9.59 Å². The zero-order chi connectivity index (χ0) is 28.4. The molecule has 2 aromatic carbocycles. The number of anilines is 1. The van der Waals surface area contributed by atoms with E-state index in [1.165, 1.54) is 25.3 Å². The van der Waals surface area contributed by atoms with Crippen LogP contribution in [0, 0.1) is 0 Å². The van der Waals surface area contributed by atoms with Gasteiger partial charge >= 0.3 is 24.3 Å². The van der Waals surface area contributed by atoms with Gasteiger partial charge in [-0.15, -0.1) is 11.3 Å². The molecular weight excluding hydrogens is 568 g/mol. The summed E-state index contributed by atoms with van der Waals surface area (Å²) in [7, 11) is 1.29. The number of carboxylic acids is 2. The highest BCUT2D eigenvalue weighted by molar-refractivity contribution is 7.18. The summed E-state index contributed by atoms with van der Waals surface area (Å²) in [6.07, 6.45) is -10.0. The van der Waals surface area contributed by atoms with Crippen LogP contribution in [0.2, 0.25) is 5.02 Å². The molecule has 3 N–H and O–H groups in total. The van der Waals surface area contributed by atoms with Gasteiger partial charge in [0.1, 0.15) is 10.8 Å². The molecule has 1 heterocycles. The van der Waals surface area contributed by atoms with Gasteiger partial charge < -0.3 is 25.0 Å². The predicted molar refractivity (Wildman–Crippen MR) is 125 cm³/mol. The molecule has 3 aromatic rings. The van der Waals surface area contributed by atoms with Gasteiger partial charge in [-0.2, -0.15) is 26.3 Å². The number of aromatic carboxylic acids is 1. The van der Waals surface area contributed by atoms with E-state index in [9.17, 15) is 41.0 Å². The fraction of sp³-hybridized carbons (Fsp3) is 0.217. The topological polar surface area (TPSA) is 105 Å². The normalized spacial score (nSPS) is 11.8. The van der Waals surface area contributed by atoms with Crippen LogP contribution in [-0.2, 0) is 23.7 Å². The highest BCUT2D eigenvalue weighted by Crippen LogP contribution is 2.46. The molecule has 15 heteroatoms. The van der Waals surface area contributed by atoms with E-state index in [-0.39, 0.29) is 44.5 Å². The Morgan fingerprint density at radius 2 is 1.61 bits per heavy atom. The molecule has 0 aliphatic carbocycles. The number of halogens is 7. The first-order chi connectivity index (χ1) is 17.6. The summed E-state index contributed by atoms with van der Waals surface area (Å²) in [6, 6.07) is 5.44. The Balaban J connectivity index is 1.99. The highest BCUT2D eigenvalue weighted by Gasteiger charge is 2.37. The van der Waals surface area contributed by atoms with Crippen molar-refractivity contribution < 1.29 is 55.6 Å². The highest BCUT2D eigenvalue weighted by atomic mass is 35.5. The third-order valence-electron chi connectivity index (χ3n) is 4.96. The summed E-state index contributed by atoms with van der Waals surface area (Å²) >= 11 is 6.96. The largest absolute Gasteiger partial charge is 0.496 e. The van der Waals surface area contributed by atoms with Crippen molar-refractivity contribution >= 4 is 40.6 Å². The molecule has 7 nitrogen and oxygen atoms in total. The van der Waals surface area contributed by atoms with E-state index in [4.69, 9.17) is 26.2 Å². The van der Waals surface area contributed by atoms with E-state index < -0.39 is 47.7 Å². The van der Waals surface area contributed by atoms with E-state index >= 15 is 0 Å². The summed E-state index contributed by atoms with van der Waals surface area (Å²) in [5.74, 6) is -2.94. The second-order valence-electron chi connectivity index (χ2n) is 7.57. The molecule has 0 aliphatic heterocycles. The summed E-state index contributed by atoms with van der Waals surface area (Å²) in [5, 5.41) is 20.6. The number of nitrogens with one attached hydrogen (secondary N) is 1. The number of hydrogen-bond donors (Lipinski definition) is 3. The molecule has 0 spiro atoms. The Hall–Kier alpha value is -3.65. The number of carbonyl (C=O) groups is 2. The second-order valence-corrected chi connectivity index (χ2v) is 8.96. The van der Waals surface area contributed by atoms with Crippen LogP contribution in [0.4, 0.5) is 32.0 Å². The maximum Gasteiger partial charge on any atom is 0.416 e. The van der Waals surface area contributed by atoms with Crippen molar-refractivity contribution in [3.8, 4) is 21.9 Å². The smallest absolute Gasteiger partial charge is 0.416 e. The van der Waals surface area contributed by atoms with Crippen LogP contribution in [0.1, 0.15) is 26.4 Å². The predicted octanol–water partition coefficient (Wildman–Crippen LogP) is 6.89. The van der Waals surface area contributed by atoms with Gasteiger partial charge in [0.25, 0.3) is 0 Å². The Morgan fingerprint density at radius 3 is 2.11 bits per heavy atom. The zero-order valence-corrected chi connectivity index (χ0v) is 20.5. The van der Waals surface area contributed by atoms with Crippen LogP contribution < -0.4 is 14.8 Å². The molecule has 0 atom stereocenters. The van der Waals surface area contributed by atoms with Crippen molar-refractivity contribution in [3.63, 3.8) is 0 Å². The minimum absolute atomic E-state index is 0.00915. The Morgan fingerprint density at radius 1 is 1.00 bits per heavy atom. The van der Waals surface area contributed by atoms with E-state index in [1.54, 1.807) is 0 Å². The lowest BCUT2D eigenvalue weighted by molar-refractivity contribution is -0.143. The van der Waals surface area contributed by atoms with Crippen LogP contribution in [0.5, 0.6) is 11.5 Å². The van der Waals surface area contributed by atoms with Crippen LogP contribution in [0.25, 0.3) is 10.4 Å². The molecule has 0 amide bonds. The second kappa shape index (κ2) is 11.0. The molecular formula is C23H16ClF6NO6S. The average molecular weight is 584 g/mol. The number of benzene rings is 2. The summed E-state index contributed by atoms with van der Waals surface area (Å²) in [4.78, 5) is 22.3. The average Bonchev–Trinajstić information content (AvgIpc) is 3.16. The van der Waals surface area contributed by atoms with Gasteiger partial charge in [0.15, 0.2) is 17.2 Å². The summed E-state index contributed by atoms with van der Waals surface area (Å²) < 4.78 is 89.3. The molecule has 0 saturated heterocycles. The first-order valence-electron chi connectivity index (χ1n) is 10.2. The van der Waals surface area contributed by atoms with Crippen LogP contribution >= 0.6 is 22.9 Å². The minimum Gasteiger partial charge on any atom is -0.496 e. The van der Waals surface area contributed by atoms with Crippen LogP contribution in [0.15, 0.2) is 36.4 Å². The van der Waals surface area contributed by atoms with Crippen molar-refractivity contribution in [3.05, 3.63) is 63.0 Å². The number of alkyl halides is 6. The van der Waals surface area contributed by atoms with Gasteiger partial charge in [0.05, 0.1) is 23.1 Å². The van der Waals surface area contributed by atoms with Gasteiger partial charge in [-0.3, -0.25) is 0 Å². The fourth-order valence-electron chi connectivity index (χ4n) is 3.30. The molecule has 0 radical (unpaired) electrons. The zero-order valence-electron chi connectivity index (χ0n) is 19.0. The number of thiophene rings is 1. The van der Waals surface area contributed by atoms with Gasteiger partial charge in [-0.05, 0) is 42.0 Å². The molecule has 38 heavy (non-hydrogen) atoms. The molecule has 0 unspecified atom stereocenters. The standard InChI is InChI=1S/C23H16ClF6NO6S/c1-36-15-3-2-10(19-17(24)18(37-9-16(32)33)20(38-19)21(34)35)4-11(15)8-31-14-6-12(22(25,26)27)5-13(7-14)23(28,29)30/h2-7,31H,8-9H2,1H3,(H,32,33)(H,34,35). The molecule has 0 fully saturated rings. The van der Waals surface area contributed by atoms with Crippen molar-refractivity contribution in [2.24, 2.45) is 0 Å². The third-order valence-corrected chi connectivity index (χ3v) is 6.64. The number of rotatable bonds is 9. The van der Waals surface area contributed by atoms with Gasteiger partial charge in [-0.1, -0.05) is 11.6 Å². The van der Waals surface area contributed by atoms with E-state index in [2.05, 4.69) is 5.32 Å². The Bertz CT molecular complexity index is 1340. The van der Waals surface area contributed by atoms with Crippen LogP contribution in [-0.4, -0.2) is 35.9 Å². The number of methoxy groups -OCH3 is 1. The van der Waals surface area contributed by atoms with E-state index in [0.717, 1.165) is 0 Å². The molecule has 3 rings (SSSR count). The molecule has 204 valence electrons. The van der Waals surface area contributed by atoms with Crippen molar-refractivity contribution in [1.29, 1.82) is 0 Å². The maximum atomic E-state index is 13.2. The van der Waals surface area contributed by atoms with Gasteiger partial charge in [0.2, 0.25) is 0 Å². The van der Waals surface area contributed by atoms with E-state index in [1.807, 2.05) is 0 Å². The molecule has 0 saturated carbocycles. The summed E-state index contributed by atoms with van der Waals surface area (Å²) in [6.45, 7) is -1.14. The summed E-state index contributed by atoms with van der Waals surface area (Å²) in [5.41, 5.74) is -2.84. The number of ether oxygens (including phenoxy) is 2. The van der Waals surface area contributed by atoms with Crippen LogP contribution in [0.3, 0.4) is 0 Å². The Labute approximate surface area is 219 Å². The Kier molecular flexibility index (Phi) is 8.36. The minimum atomic E-state index is -5.02. The van der Waals surface area contributed by atoms with Crippen molar-refractivity contribution in [2.75, 3.05) is 19.0 Å². The number of carboxylic acid groups (broad SMARTS) is 2. The molecule has 0 aliphatic rings. The quantitative estimate of drug-likeness (QED) is 0.236. The van der Waals surface area contributed by atoms with E-state index in [0.29, 0.717) is 29.0 Å². The third kappa shape index (κ3) is 6.61. The van der Waals surface area contributed by atoms with Gasteiger partial charge in [0, 0.05) is 17.8 Å². The number of aliphatic carboxylic acids is 1. The lowest BCUT2D eigenvalue weighted by Crippen LogP contribution is -2.12. The maximum absolute atomic E-state index is 13.2. The lowest BCUT2D eigenvalue weighted by Gasteiger charge is -2.16. The molecule has 1 aromatic heterocycles. The number of hydrogen-bond acceptors (Lipinski definition) is 6. The first kappa shape index (κ1) is 28.9. The molecule has 0 bridgehead atoms. The first-order valence-corrected chi connectivity index (χ1v) is 11.4. The lowest BCUT2D eigenvalue weighted by atomic mass is 10.1. The SMILES string of the molecule is COc1ccc(-c2sc(C(=O)O)c(OCC(=O)O)c2Cl)cc1CNc1cc(C(F)(F)F)cc(C(F)(F)F)c1. The van der Waals surface area contributed by atoms with Crippen molar-refractivity contribution in [2.45, 2.75) is 18.9 Å². The fourth-order valence-corrected chi connectivity index (χ4v) is 4.70. The van der Waals surface area contributed by atoms with Crippen molar-refractivity contribution in [1.82, 2.24) is 0 Å². The monoisotopic (exact) mass is 583 g/mol.